The Morgan fingerprint density at radius 1 is 1.06 bits per heavy atom. The van der Waals surface area contributed by atoms with Gasteiger partial charge in [-0.2, -0.15) is 0 Å². The maximum Gasteiger partial charge on any atom is 0.186 e. The highest BCUT2D eigenvalue weighted by atomic mass is 32.1. The van der Waals surface area contributed by atoms with Crippen LogP contribution in [0.25, 0.3) is 20.4 Å². The lowest BCUT2D eigenvalue weighted by molar-refractivity contribution is 0.0689. The van der Waals surface area contributed by atoms with E-state index < -0.39 is 6.10 Å². The highest BCUT2D eigenvalue weighted by molar-refractivity contribution is 7.22. The van der Waals surface area contributed by atoms with Crippen molar-refractivity contribution >= 4 is 48.2 Å². The Kier molecular flexibility index (Phi) is 6.04. The molecule has 161 valence electrons. The zero-order valence-electron chi connectivity index (χ0n) is 17.4. The van der Waals surface area contributed by atoms with Gasteiger partial charge in [-0.05, 0) is 30.7 Å². The minimum atomic E-state index is -0.542. The predicted octanol–water partition coefficient (Wildman–Crippen LogP) is 4.19. The number of aromatic nitrogens is 2. The third-order valence-corrected chi connectivity index (χ3v) is 7.62. The number of piperazine rings is 1. The second-order valence-corrected chi connectivity index (χ2v) is 9.78. The van der Waals surface area contributed by atoms with E-state index in [9.17, 15) is 5.11 Å². The first-order valence-corrected chi connectivity index (χ1v) is 12.2. The highest BCUT2D eigenvalue weighted by Gasteiger charge is 2.22. The maximum atomic E-state index is 10.5. The van der Waals surface area contributed by atoms with Crippen LogP contribution in [-0.4, -0.2) is 58.9 Å². The van der Waals surface area contributed by atoms with E-state index >= 15 is 0 Å². The number of para-hydroxylation sites is 1. The van der Waals surface area contributed by atoms with Gasteiger partial charge in [-0.25, -0.2) is 9.97 Å². The molecule has 1 saturated heterocycles. The van der Waals surface area contributed by atoms with E-state index in [0.717, 1.165) is 53.0 Å². The number of ether oxygens (including phenoxy) is 1. The second-order valence-electron chi connectivity index (χ2n) is 7.66. The van der Waals surface area contributed by atoms with Crippen molar-refractivity contribution in [1.29, 1.82) is 0 Å². The van der Waals surface area contributed by atoms with Crippen molar-refractivity contribution in [2.24, 2.45) is 0 Å². The molecule has 1 unspecified atom stereocenters. The molecule has 1 radical (unpaired) electrons. The molecule has 31 heavy (non-hydrogen) atoms. The smallest absolute Gasteiger partial charge is 0.186 e. The van der Waals surface area contributed by atoms with Gasteiger partial charge in [0.2, 0.25) is 0 Å². The van der Waals surface area contributed by atoms with Crippen LogP contribution < -0.4 is 9.64 Å². The molecule has 2 aromatic heterocycles. The molecule has 0 saturated carbocycles. The molecule has 1 aliphatic rings. The average Bonchev–Trinajstić information content (AvgIpc) is 3.41. The van der Waals surface area contributed by atoms with Crippen LogP contribution in [0.5, 0.6) is 5.75 Å². The molecule has 1 atom stereocenters. The van der Waals surface area contributed by atoms with Crippen LogP contribution in [0.15, 0.2) is 42.5 Å². The normalized spacial score (nSPS) is 16.3. The molecule has 1 N–H and O–H groups in total. The van der Waals surface area contributed by atoms with E-state index in [-0.39, 0.29) is 6.61 Å². The van der Waals surface area contributed by atoms with Gasteiger partial charge in [0.05, 0.1) is 32.0 Å². The van der Waals surface area contributed by atoms with Gasteiger partial charge in [-0.15, -0.1) is 11.3 Å². The number of aliphatic hydroxyl groups is 1. The largest absolute Gasteiger partial charge is 0.491 e. The molecule has 5 rings (SSSR count). The van der Waals surface area contributed by atoms with E-state index in [1.165, 1.54) is 9.40 Å². The molecule has 2 aromatic carbocycles. The number of fused-ring (bicyclic) bond motifs is 2. The van der Waals surface area contributed by atoms with Crippen LogP contribution >= 0.6 is 22.7 Å². The van der Waals surface area contributed by atoms with E-state index in [4.69, 9.17) is 9.72 Å². The number of aryl methyl sites for hydroxylation is 1. The summed E-state index contributed by atoms with van der Waals surface area (Å²) in [6.45, 7) is 7.68. The molecule has 4 aromatic rings. The SMILES string of the molecule is CCc1nc2cc(OCC(O)CN3C[CH]N(c4nc5ccccc5s4)CC3)ccc2s1. The fourth-order valence-corrected chi connectivity index (χ4v) is 5.58. The summed E-state index contributed by atoms with van der Waals surface area (Å²) >= 11 is 3.44. The fourth-order valence-electron chi connectivity index (χ4n) is 3.71. The molecule has 0 bridgehead atoms. The van der Waals surface area contributed by atoms with Crippen molar-refractivity contribution in [2.75, 3.05) is 37.7 Å². The van der Waals surface area contributed by atoms with Crippen molar-refractivity contribution < 1.29 is 9.84 Å². The molecule has 0 spiro atoms. The van der Waals surface area contributed by atoms with Crippen LogP contribution in [0.2, 0.25) is 0 Å². The zero-order chi connectivity index (χ0) is 21.2. The number of thiazole rings is 2. The van der Waals surface area contributed by atoms with E-state index in [0.29, 0.717) is 6.54 Å². The number of hydrogen-bond donors (Lipinski definition) is 1. The van der Waals surface area contributed by atoms with Gasteiger partial charge < -0.3 is 14.7 Å². The van der Waals surface area contributed by atoms with Crippen molar-refractivity contribution in [3.63, 3.8) is 0 Å². The van der Waals surface area contributed by atoms with Gasteiger partial charge >= 0.3 is 0 Å². The van der Waals surface area contributed by atoms with E-state index in [1.54, 1.807) is 22.7 Å². The minimum Gasteiger partial charge on any atom is -0.491 e. The summed E-state index contributed by atoms with van der Waals surface area (Å²) < 4.78 is 8.23. The van der Waals surface area contributed by atoms with Gasteiger partial charge in [0, 0.05) is 32.2 Å². The summed E-state index contributed by atoms with van der Waals surface area (Å²) in [5.74, 6) is 0.756. The summed E-state index contributed by atoms with van der Waals surface area (Å²) in [6.07, 6.45) is 0.400. The molecule has 0 amide bonds. The van der Waals surface area contributed by atoms with Crippen molar-refractivity contribution in [3.05, 3.63) is 54.0 Å². The number of nitrogens with zero attached hydrogens (tertiary/aromatic N) is 4. The lowest BCUT2D eigenvalue weighted by Gasteiger charge is -2.34. The topological polar surface area (TPSA) is 61.7 Å². The third-order valence-electron chi connectivity index (χ3n) is 5.36. The minimum absolute atomic E-state index is 0.272. The Morgan fingerprint density at radius 2 is 1.94 bits per heavy atom. The lowest BCUT2D eigenvalue weighted by Crippen LogP contribution is -2.46. The highest BCUT2D eigenvalue weighted by Crippen LogP contribution is 2.30. The van der Waals surface area contributed by atoms with E-state index in [1.807, 2.05) is 30.3 Å². The standard InChI is InChI=1S/C23H25N4O2S2/c1-2-22-24-19-13-17(7-8-21(19)30-22)29-15-16(28)14-26-9-11-27(12-10-26)23-25-18-5-3-4-6-20(18)31-23/h3-8,11,13,16,28H,2,9-10,12,14-15H2,1H3. The van der Waals surface area contributed by atoms with Gasteiger partial charge in [-0.1, -0.05) is 30.4 Å². The summed E-state index contributed by atoms with van der Waals surface area (Å²) in [4.78, 5) is 13.8. The van der Waals surface area contributed by atoms with Crippen molar-refractivity contribution in [2.45, 2.75) is 19.4 Å². The number of β-amino-alcohol motifs (C(OH)–C–C–N with tert-alkyl or cyclic N) is 1. The molecule has 8 heteroatoms. The Hall–Kier alpha value is -2.26. The Balaban J connectivity index is 1.11. The van der Waals surface area contributed by atoms with Crippen LogP contribution in [0.1, 0.15) is 11.9 Å². The van der Waals surface area contributed by atoms with Crippen LogP contribution in [-0.2, 0) is 6.42 Å². The van der Waals surface area contributed by atoms with Crippen molar-refractivity contribution in [3.8, 4) is 5.75 Å². The number of rotatable bonds is 7. The summed E-state index contributed by atoms with van der Waals surface area (Å²) in [5.41, 5.74) is 2.02. The first-order chi connectivity index (χ1) is 15.2. The predicted molar refractivity (Wildman–Crippen MR) is 128 cm³/mol. The Bertz CT molecular complexity index is 1130. The number of aliphatic hydroxyl groups excluding tert-OH is 1. The molecular formula is C23H25N4O2S2. The van der Waals surface area contributed by atoms with Gasteiger partial charge in [-0.3, -0.25) is 4.90 Å². The Morgan fingerprint density at radius 3 is 2.74 bits per heavy atom. The molecule has 6 nitrogen and oxygen atoms in total. The first-order valence-electron chi connectivity index (χ1n) is 10.6. The van der Waals surface area contributed by atoms with Crippen LogP contribution in [0.4, 0.5) is 5.13 Å². The molecule has 3 heterocycles. The third kappa shape index (κ3) is 4.67. The monoisotopic (exact) mass is 453 g/mol. The van der Waals surface area contributed by atoms with Gasteiger partial charge in [0.1, 0.15) is 18.5 Å². The van der Waals surface area contributed by atoms with Crippen LogP contribution in [0.3, 0.4) is 0 Å². The number of hydrogen-bond acceptors (Lipinski definition) is 8. The Labute approximate surface area is 189 Å². The number of benzene rings is 2. The molecule has 0 aliphatic carbocycles. The lowest BCUT2D eigenvalue weighted by atomic mass is 10.2. The van der Waals surface area contributed by atoms with Gasteiger partial charge in [0.25, 0.3) is 0 Å². The summed E-state index contributed by atoms with van der Waals surface area (Å²) in [5, 5.41) is 12.6. The summed E-state index contributed by atoms with van der Waals surface area (Å²) in [6, 6.07) is 14.2. The molecule has 1 aliphatic heterocycles. The van der Waals surface area contributed by atoms with Crippen molar-refractivity contribution in [1.82, 2.24) is 14.9 Å². The second kappa shape index (κ2) is 9.08. The maximum absolute atomic E-state index is 10.5. The number of anilines is 1. The quantitative estimate of drug-likeness (QED) is 0.453. The van der Waals surface area contributed by atoms with E-state index in [2.05, 4.69) is 40.4 Å². The fraction of sp³-hybridized carbons (Fsp3) is 0.348. The van der Waals surface area contributed by atoms with Gasteiger partial charge in [0.15, 0.2) is 5.13 Å². The first kappa shape index (κ1) is 20.6. The average molecular weight is 454 g/mol. The summed E-state index contributed by atoms with van der Waals surface area (Å²) in [7, 11) is 0. The molecule has 1 fully saturated rings. The van der Waals surface area contributed by atoms with Crippen LogP contribution in [0, 0.1) is 6.54 Å². The molecular weight excluding hydrogens is 428 g/mol. The zero-order valence-corrected chi connectivity index (χ0v) is 19.0.